The van der Waals surface area contributed by atoms with Gasteiger partial charge in [-0.1, -0.05) is 70.6 Å². The molecule has 1 saturated heterocycles. The van der Waals surface area contributed by atoms with E-state index in [4.69, 9.17) is 4.98 Å². The summed E-state index contributed by atoms with van der Waals surface area (Å²) >= 11 is 0. The van der Waals surface area contributed by atoms with Crippen LogP contribution < -0.4 is 15.5 Å². The molecular weight excluding hydrogens is 446 g/mol. The number of aromatic nitrogens is 2. The second kappa shape index (κ2) is 16.1. The minimum absolute atomic E-state index is 0.166. The maximum absolute atomic E-state index is 11.3. The van der Waals surface area contributed by atoms with Crippen LogP contribution in [0.2, 0.25) is 0 Å². The first-order chi connectivity index (χ1) is 17.6. The number of para-hydroxylation sites is 1. The summed E-state index contributed by atoms with van der Waals surface area (Å²) in [6.45, 7) is 16.3. The van der Waals surface area contributed by atoms with Gasteiger partial charge in [-0.05, 0) is 56.7 Å². The lowest BCUT2D eigenvalue weighted by atomic mass is 9.90. The van der Waals surface area contributed by atoms with Crippen LogP contribution in [0.25, 0.3) is 11.0 Å². The highest BCUT2D eigenvalue weighted by atomic mass is 16.1. The zero-order valence-electron chi connectivity index (χ0n) is 23.3. The van der Waals surface area contributed by atoms with Crippen LogP contribution in [0.4, 0.5) is 5.82 Å². The molecule has 2 atom stereocenters. The van der Waals surface area contributed by atoms with Crippen LogP contribution in [0.3, 0.4) is 0 Å². The highest BCUT2D eigenvalue weighted by Gasteiger charge is 2.23. The Morgan fingerprint density at radius 3 is 2.61 bits per heavy atom. The van der Waals surface area contributed by atoms with Gasteiger partial charge in [0, 0.05) is 32.1 Å². The van der Waals surface area contributed by atoms with Crippen molar-refractivity contribution in [1.82, 2.24) is 20.6 Å². The van der Waals surface area contributed by atoms with E-state index in [9.17, 15) is 4.79 Å². The molecule has 4 rings (SSSR count). The van der Waals surface area contributed by atoms with Crippen molar-refractivity contribution < 1.29 is 4.79 Å². The molecule has 0 saturated carbocycles. The summed E-state index contributed by atoms with van der Waals surface area (Å²) in [6, 6.07) is 6.83. The molecule has 1 aromatic heterocycles. The molecular formula is C30H47N5O. The van der Waals surface area contributed by atoms with Crippen molar-refractivity contribution in [3.63, 3.8) is 0 Å². The molecule has 198 valence electrons. The molecule has 2 aliphatic rings. The summed E-state index contributed by atoms with van der Waals surface area (Å²) in [4.78, 5) is 23.1. The fraction of sp³-hybridized carbons (Fsp3) is 0.567. The molecule has 2 N–H and O–H groups in total. The van der Waals surface area contributed by atoms with Gasteiger partial charge in [-0.25, -0.2) is 4.98 Å². The Hall–Kier alpha value is -2.73. The largest absolute Gasteiger partial charge is 0.356 e. The van der Waals surface area contributed by atoms with Crippen LogP contribution >= 0.6 is 0 Å². The molecule has 1 amide bonds. The Balaban J connectivity index is 0.000000252. The van der Waals surface area contributed by atoms with E-state index in [0.717, 1.165) is 62.3 Å². The maximum atomic E-state index is 11.3. The van der Waals surface area contributed by atoms with Crippen molar-refractivity contribution in [2.75, 3.05) is 31.1 Å². The molecule has 6 nitrogen and oxygen atoms in total. The summed E-state index contributed by atoms with van der Waals surface area (Å²) in [5.41, 5.74) is 4.77. The van der Waals surface area contributed by atoms with Crippen LogP contribution in [0.15, 0.2) is 48.2 Å². The minimum atomic E-state index is 0.166. The second-order valence-corrected chi connectivity index (χ2v) is 9.04. The molecule has 0 radical (unpaired) electrons. The maximum Gasteiger partial charge on any atom is 0.220 e. The third kappa shape index (κ3) is 8.74. The van der Waals surface area contributed by atoms with Crippen molar-refractivity contribution in [3.8, 4) is 0 Å². The average Bonchev–Trinajstić information content (AvgIpc) is 3.38. The molecule has 0 spiro atoms. The number of fused-ring (bicyclic) bond motifs is 1. The van der Waals surface area contributed by atoms with Crippen LogP contribution in [-0.2, 0) is 11.2 Å². The van der Waals surface area contributed by atoms with Crippen molar-refractivity contribution in [2.45, 2.75) is 79.7 Å². The first-order valence-corrected chi connectivity index (χ1v) is 13.9. The van der Waals surface area contributed by atoms with Crippen molar-refractivity contribution in [3.05, 3.63) is 53.8 Å². The number of amides is 1. The van der Waals surface area contributed by atoms with Crippen molar-refractivity contribution >= 4 is 22.8 Å². The third-order valence-corrected chi connectivity index (χ3v) is 6.54. The topological polar surface area (TPSA) is 70.2 Å². The van der Waals surface area contributed by atoms with Gasteiger partial charge in [-0.2, -0.15) is 0 Å². The summed E-state index contributed by atoms with van der Waals surface area (Å²) in [5.74, 6) is 1.58. The van der Waals surface area contributed by atoms with E-state index in [1.807, 2.05) is 33.0 Å². The van der Waals surface area contributed by atoms with E-state index in [1.54, 1.807) is 0 Å². The normalized spacial score (nSPS) is 18.6. The molecule has 0 bridgehead atoms. The highest BCUT2D eigenvalue weighted by molar-refractivity contribution is 5.79. The molecule has 2 aromatic rings. The van der Waals surface area contributed by atoms with Gasteiger partial charge in [0.25, 0.3) is 0 Å². The van der Waals surface area contributed by atoms with Crippen LogP contribution in [-0.4, -0.2) is 48.1 Å². The van der Waals surface area contributed by atoms with Crippen LogP contribution in [0.1, 0.15) is 72.8 Å². The Kier molecular flexibility index (Phi) is 13.2. The Labute approximate surface area is 218 Å². The van der Waals surface area contributed by atoms with E-state index in [2.05, 4.69) is 71.6 Å². The molecule has 1 fully saturated rings. The smallest absolute Gasteiger partial charge is 0.220 e. The van der Waals surface area contributed by atoms with E-state index >= 15 is 0 Å². The van der Waals surface area contributed by atoms with E-state index < -0.39 is 0 Å². The number of aryl methyl sites for hydroxylation is 1. The van der Waals surface area contributed by atoms with E-state index in [1.165, 1.54) is 17.6 Å². The van der Waals surface area contributed by atoms with Crippen molar-refractivity contribution in [2.24, 2.45) is 5.92 Å². The quantitative estimate of drug-likeness (QED) is 0.484. The molecule has 1 aromatic carbocycles. The minimum Gasteiger partial charge on any atom is -0.356 e. The SMILES string of the molecule is CC.CCNC(=O)CC1C=CC=C(CC)C1.CCNC1CCN(c2cnc3cccc(CC)c3n2)C1. The lowest BCUT2D eigenvalue weighted by molar-refractivity contribution is -0.121. The van der Waals surface area contributed by atoms with Gasteiger partial charge < -0.3 is 15.5 Å². The number of rotatable bonds is 8. The van der Waals surface area contributed by atoms with E-state index in [-0.39, 0.29) is 5.91 Å². The van der Waals surface area contributed by atoms with E-state index in [0.29, 0.717) is 18.4 Å². The number of nitrogens with zero attached hydrogens (tertiary/aromatic N) is 3. The molecule has 2 unspecified atom stereocenters. The number of anilines is 1. The first kappa shape index (κ1) is 29.5. The Bertz CT molecular complexity index is 1000. The average molecular weight is 494 g/mol. The van der Waals surface area contributed by atoms with Gasteiger partial charge in [0.15, 0.2) is 0 Å². The monoisotopic (exact) mass is 493 g/mol. The third-order valence-electron chi connectivity index (χ3n) is 6.54. The fourth-order valence-corrected chi connectivity index (χ4v) is 4.67. The zero-order valence-corrected chi connectivity index (χ0v) is 23.3. The lowest BCUT2D eigenvalue weighted by Gasteiger charge is -2.18. The summed E-state index contributed by atoms with van der Waals surface area (Å²) < 4.78 is 0. The Morgan fingerprint density at radius 2 is 1.92 bits per heavy atom. The number of nitrogens with one attached hydrogen (secondary N) is 2. The zero-order chi connectivity index (χ0) is 26.3. The fourth-order valence-electron chi connectivity index (χ4n) is 4.67. The number of carbonyl (C=O) groups excluding carboxylic acids is 1. The number of hydrogen-bond acceptors (Lipinski definition) is 5. The molecule has 1 aliphatic carbocycles. The van der Waals surface area contributed by atoms with Gasteiger partial charge in [0.1, 0.15) is 5.82 Å². The number of carbonyl (C=O) groups is 1. The van der Waals surface area contributed by atoms with Gasteiger partial charge in [0.2, 0.25) is 5.91 Å². The highest BCUT2D eigenvalue weighted by Crippen LogP contribution is 2.24. The van der Waals surface area contributed by atoms with Gasteiger partial charge >= 0.3 is 0 Å². The summed E-state index contributed by atoms with van der Waals surface area (Å²) in [5, 5.41) is 6.35. The van der Waals surface area contributed by atoms with Crippen LogP contribution in [0, 0.1) is 5.92 Å². The van der Waals surface area contributed by atoms with Crippen LogP contribution in [0.5, 0.6) is 0 Å². The molecule has 1 aliphatic heterocycles. The standard InChI is InChI=1S/C16H22N4.C12H19NO.C2H6/c1-3-12-6-5-7-14-16(12)19-15(10-18-14)20-9-8-13(11-20)17-4-2;1-3-10-6-5-7-11(8-10)9-12(14)13-4-2;1-2/h5-7,10,13,17H,3-4,8-9,11H2,1-2H3;5-7,11H,3-4,8-9H2,1-2H3,(H,13,14);1-2H3. The predicted octanol–water partition coefficient (Wildman–Crippen LogP) is 5.83. The number of hydrogen-bond donors (Lipinski definition) is 2. The molecule has 6 heteroatoms. The van der Waals surface area contributed by atoms with Gasteiger partial charge in [-0.15, -0.1) is 0 Å². The molecule has 36 heavy (non-hydrogen) atoms. The van der Waals surface area contributed by atoms with Gasteiger partial charge in [-0.3, -0.25) is 9.78 Å². The molecule has 2 heterocycles. The second-order valence-electron chi connectivity index (χ2n) is 9.04. The lowest BCUT2D eigenvalue weighted by Crippen LogP contribution is -2.32. The number of allylic oxidation sites excluding steroid dienone is 4. The van der Waals surface area contributed by atoms with Crippen molar-refractivity contribution in [1.29, 1.82) is 0 Å². The predicted molar refractivity (Wildman–Crippen MR) is 153 cm³/mol. The Morgan fingerprint density at radius 1 is 1.11 bits per heavy atom. The summed E-state index contributed by atoms with van der Waals surface area (Å²) in [7, 11) is 0. The number of benzene rings is 1. The number of likely N-dealkylation sites (N-methyl/N-ethyl adjacent to an activating group) is 1. The first-order valence-electron chi connectivity index (χ1n) is 13.9. The summed E-state index contributed by atoms with van der Waals surface area (Å²) in [6.07, 6.45) is 13.2. The van der Waals surface area contributed by atoms with Gasteiger partial charge in [0.05, 0.1) is 17.2 Å².